The van der Waals surface area contributed by atoms with Gasteiger partial charge in [-0.3, -0.25) is 0 Å². The van der Waals surface area contributed by atoms with Gasteiger partial charge in [0.2, 0.25) is 0 Å². The summed E-state index contributed by atoms with van der Waals surface area (Å²) in [6.45, 7) is 3.08. The van der Waals surface area contributed by atoms with Gasteiger partial charge in [0, 0.05) is 0 Å². The number of aliphatic imine (C=N–C) groups is 1. The number of ether oxygens (including phenoxy) is 1. The minimum absolute atomic E-state index is 0.518. The lowest BCUT2D eigenvalue weighted by molar-refractivity contribution is 0.380. The number of nitrogens with one attached hydrogen (secondary N) is 1. The molecule has 0 spiro atoms. The van der Waals surface area contributed by atoms with Gasteiger partial charge in [0.05, 0.1) is 19.7 Å². The van der Waals surface area contributed by atoms with Gasteiger partial charge < -0.3 is 10.1 Å². The number of methoxy groups -OCH3 is 1. The lowest BCUT2D eigenvalue weighted by atomic mass is 10.1. The number of nitrogens with zero attached hydrogens (tertiary/aromatic N) is 1. The number of amidine groups is 1. The summed E-state index contributed by atoms with van der Waals surface area (Å²) in [5.74, 6) is 0. The topological polar surface area (TPSA) is 33.6 Å². The predicted octanol–water partition coefficient (Wildman–Crippen LogP) is 1.15. The molecule has 0 amide bonds. The summed E-state index contributed by atoms with van der Waals surface area (Å²) in [6, 6.07) is 1.22. The third kappa shape index (κ3) is 2.41. The van der Waals surface area contributed by atoms with Crippen LogP contribution in [0.5, 0.6) is 0 Å². The molecule has 1 unspecified atom stereocenters. The molecule has 0 aromatic rings. The van der Waals surface area contributed by atoms with Crippen LogP contribution in [0.2, 0.25) is 0 Å². The van der Waals surface area contributed by atoms with Crippen LogP contribution >= 0.6 is 0 Å². The molecule has 0 bridgehead atoms. The second-order valence-corrected chi connectivity index (χ2v) is 2.83. The summed E-state index contributed by atoms with van der Waals surface area (Å²) < 4.78 is 4.96. The number of hydrogen-bond acceptors (Lipinski definition) is 3. The maximum Gasteiger partial charge on any atom is 0.284 e. The molecule has 1 atom stereocenters. The van der Waals surface area contributed by atoms with Crippen molar-refractivity contribution in [2.75, 3.05) is 13.7 Å². The van der Waals surface area contributed by atoms with Crippen LogP contribution in [-0.4, -0.2) is 25.7 Å². The number of unbranched alkanes of at least 4 members (excludes halogenated alkanes) is 1. The van der Waals surface area contributed by atoms with Crippen molar-refractivity contribution < 1.29 is 4.74 Å². The summed E-state index contributed by atoms with van der Waals surface area (Å²) in [5.41, 5.74) is 0. The van der Waals surface area contributed by atoms with Crippen molar-refractivity contribution in [2.45, 2.75) is 32.2 Å². The first-order chi connectivity index (χ1) is 5.36. The molecule has 1 aliphatic heterocycles. The highest BCUT2D eigenvalue weighted by molar-refractivity contribution is 5.75. The Hall–Kier alpha value is -0.730. The van der Waals surface area contributed by atoms with Gasteiger partial charge in [0.15, 0.2) is 0 Å². The van der Waals surface area contributed by atoms with Crippen molar-refractivity contribution in [3.05, 3.63) is 0 Å². The molecule has 1 N–H and O–H groups in total. The highest BCUT2D eigenvalue weighted by Crippen LogP contribution is 2.05. The fourth-order valence-electron chi connectivity index (χ4n) is 1.20. The minimum atomic E-state index is 0.518. The Morgan fingerprint density at radius 1 is 1.73 bits per heavy atom. The van der Waals surface area contributed by atoms with Crippen LogP contribution < -0.4 is 5.32 Å². The van der Waals surface area contributed by atoms with Crippen molar-refractivity contribution in [2.24, 2.45) is 4.99 Å². The zero-order valence-corrected chi connectivity index (χ0v) is 7.26. The fraction of sp³-hybridized carbons (Fsp3) is 0.875. The first-order valence-corrected chi connectivity index (χ1v) is 4.21. The van der Waals surface area contributed by atoms with Crippen LogP contribution in [0.25, 0.3) is 0 Å². The van der Waals surface area contributed by atoms with Gasteiger partial charge in [-0.2, -0.15) is 0 Å². The Bertz CT molecular complexity index is 145. The molecule has 1 rings (SSSR count). The van der Waals surface area contributed by atoms with Crippen molar-refractivity contribution in [3.8, 4) is 0 Å². The van der Waals surface area contributed by atoms with E-state index in [1.807, 2.05) is 0 Å². The smallest absolute Gasteiger partial charge is 0.284 e. The highest BCUT2D eigenvalue weighted by atomic mass is 16.5. The molecule has 3 nitrogen and oxygen atoms in total. The van der Waals surface area contributed by atoms with Crippen LogP contribution in [0.3, 0.4) is 0 Å². The molecular weight excluding hydrogens is 140 g/mol. The Labute approximate surface area is 67.8 Å². The summed E-state index contributed by atoms with van der Waals surface area (Å²) in [6.07, 6.45) is 3.72. The van der Waals surface area contributed by atoms with Gasteiger partial charge in [-0.15, -0.1) is 0 Å². The van der Waals surface area contributed by atoms with Gasteiger partial charge in [-0.1, -0.05) is 19.8 Å². The van der Waals surface area contributed by atoms with E-state index in [0.717, 1.165) is 6.54 Å². The first kappa shape index (κ1) is 8.37. The van der Waals surface area contributed by atoms with E-state index in [1.54, 1.807) is 7.11 Å². The van der Waals surface area contributed by atoms with E-state index in [0.29, 0.717) is 12.1 Å². The van der Waals surface area contributed by atoms with Gasteiger partial charge >= 0.3 is 0 Å². The zero-order valence-electron chi connectivity index (χ0n) is 7.26. The standard InChI is InChI=1S/C8H16N2O/c1-3-4-5-7-6-9-8(10-7)11-2/h7H,3-6H2,1-2H3,(H,9,10). The van der Waals surface area contributed by atoms with Crippen LogP contribution in [0.1, 0.15) is 26.2 Å². The Balaban J connectivity index is 2.14. The second-order valence-electron chi connectivity index (χ2n) is 2.83. The molecule has 0 radical (unpaired) electrons. The molecule has 0 saturated carbocycles. The molecule has 0 aromatic heterocycles. The number of hydrogen-bond donors (Lipinski definition) is 1. The molecule has 1 heterocycles. The van der Waals surface area contributed by atoms with E-state index in [4.69, 9.17) is 4.74 Å². The van der Waals surface area contributed by atoms with Crippen LogP contribution in [0, 0.1) is 0 Å². The van der Waals surface area contributed by atoms with Crippen LogP contribution in [0.4, 0.5) is 0 Å². The molecular formula is C8H16N2O. The molecule has 0 saturated heterocycles. The van der Waals surface area contributed by atoms with E-state index in [9.17, 15) is 0 Å². The second kappa shape index (κ2) is 4.21. The fourth-order valence-corrected chi connectivity index (χ4v) is 1.20. The third-order valence-electron chi connectivity index (χ3n) is 1.88. The number of rotatable bonds is 3. The normalized spacial score (nSPS) is 22.7. The monoisotopic (exact) mass is 156 g/mol. The van der Waals surface area contributed by atoms with Gasteiger partial charge in [0.25, 0.3) is 6.02 Å². The van der Waals surface area contributed by atoms with Crippen molar-refractivity contribution in [1.29, 1.82) is 0 Å². The van der Waals surface area contributed by atoms with Crippen molar-refractivity contribution in [1.82, 2.24) is 5.32 Å². The van der Waals surface area contributed by atoms with E-state index in [2.05, 4.69) is 17.2 Å². The summed E-state index contributed by atoms with van der Waals surface area (Å²) in [7, 11) is 1.65. The van der Waals surface area contributed by atoms with E-state index < -0.39 is 0 Å². The van der Waals surface area contributed by atoms with Crippen molar-refractivity contribution >= 4 is 6.02 Å². The predicted molar refractivity (Wildman–Crippen MR) is 45.8 cm³/mol. The lowest BCUT2D eigenvalue weighted by Crippen LogP contribution is -2.30. The van der Waals surface area contributed by atoms with E-state index >= 15 is 0 Å². The Morgan fingerprint density at radius 3 is 3.09 bits per heavy atom. The lowest BCUT2D eigenvalue weighted by Gasteiger charge is -2.09. The first-order valence-electron chi connectivity index (χ1n) is 4.21. The average Bonchev–Trinajstić information content (AvgIpc) is 2.48. The molecule has 0 aliphatic carbocycles. The maximum atomic E-state index is 4.96. The third-order valence-corrected chi connectivity index (χ3v) is 1.88. The van der Waals surface area contributed by atoms with Crippen molar-refractivity contribution in [3.63, 3.8) is 0 Å². The van der Waals surface area contributed by atoms with E-state index in [1.165, 1.54) is 19.3 Å². The van der Waals surface area contributed by atoms with Gasteiger partial charge in [-0.25, -0.2) is 4.99 Å². The molecule has 0 fully saturated rings. The summed E-state index contributed by atoms with van der Waals surface area (Å²) >= 11 is 0. The SMILES string of the molecule is CCCCC1CN=C(OC)N1. The average molecular weight is 156 g/mol. The quantitative estimate of drug-likeness (QED) is 0.665. The molecule has 1 aliphatic rings. The van der Waals surface area contributed by atoms with Crippen LogP contribution in [-0.2, 0) is 4.74 Å². The van der Waals surface area contributed by atoms with Gasteiger partial charge in [0.1, 0.15) is 0 Å². The molecule has 3 heteroatoms. The molecule has 11 heavy (non-hydrogen) atoms. The zero-order chi connectivity index (χ0) is 8.10. The highest BCUT2D eigenvalue weighted by Gasteiger charge is 2.16. The van der Waals surface area contributed by atoms with Gasteiger partial charge in [-0.05, 0) is 6.42 Å². The van der Waals surface area contributed by atoms with Crippen LogP contribution in [0.15, 0.2) is 4.99 Å². The van der Waals surface area contributed by atoms with E-state index in [-0.39, 0.29) is 0 Å². The largest absolute Gasteiger partial charge is 0.469 e. The summed E-state index contributed by atoms with van der Waals surface area (Å²) in [4.78, 5) is 4.17. The molecule has 64 valence electrons. The molecule has 0 aromatic carbocycles. The Morgan fingerprint density at radius 2 is 2.55 bits per heavy atom. The minimum Gasteiger partial charge on any atom is -0.469 e. The summed E-state index contributed by atoms with van der Waals surface area (Å²) in [5, 5.41) is 3.20. The maximum absolute atomic E-state index is 4.96. The Kier molecular flexibility index (Phi) is 3.20.